The number of nitrogens with zero attached hydrogens (tertiary/aromatic N) is 1. The normalized spacial score (nSPS) is 18.5. The number of nitrogens with one attached hydrogen (secondary N) is 1. The van der Waals surface area contributed by atoms with Crippen LogP contribution in [0.5, 0.6) is 0 Å². The number of amides is 1. The van der Waals surface area contributed by atoms with Crippen molar-refractivity contribution in [2.24, 2.45) is 5.92 Å². The first-order valence-corrected chi connectivity index (χ1v) is 7.00. The van der Waals surface area contributed by atoms with Crippen LogP contribution in [0.1, 0.15) is 18.4 Å². The minimum absolute atomic E-state index is 0.113. The molecule has 1 aliphatic heterocycles. The molecule has 0 bridgehead atoms. The van der Waals surface area contributed by atoms with Gasteiger partial charge in [-0.05, 0) is 36.8 Å². The summed E-state index contributed by atoms with van der Waals surface area (Å²) in [5.41, 5.74) is 2.33. The lowest BCUT2D eigenvalue weighted by atomic mass is 10.2. The number of carbonyl (C=O) groups is 2. The van der Waals surface area contributed by atoms with E-state index in [1.807, 2.05) is 23.1 Å². The monoisotopic (exact) mass is 274 g/mol. The second-order valence-corrected chi connectivity index (χ2v) is 5.52. The molecule has 1 aliphatic carbocycles. The van der Waals surface area contributed by atoms with Gasteiger partial charge in [-0.25, -0.2) is 4.79 Å². The third-order valence-corrected chi connectivity index (χ3v) is 3.99. The van der Waals surface area contributed by atoms with Gasteiger partial charge in [0, 0.05) is 12.2 Å². The van der Waals surface area contributed by atoms with Gasteiger partial charge in [0.05, 0.1) is 6.54 Å². The van der Waals surface area contributed by atoms with Gasteiger partial charge in [0.1, 0.15) is 6.04 Å². The average Bonchev–Trinajstić information content (AvgIpc) is 3.19. The van der Waals surface area contributed by atoms with Gasteiger partial charge < -0.3 is 15.3 Å². The fraction of sp³-hybridized carbons (Fsp3) is 0.467. The number of rotatable bonds is 5. The molecule has 20 heavy (non-hydrogen) atoms. The summed E-state index contributed by atoms with van der Waals surface area (Å²) < 4.78 is 0. The largest absolute Gasteiger partial charge is 0.480 e. The minimum Gasteiger partial charge on any atom is -0.480 e. The Morgan fingerprint density at radius 2 is 2.10 bits per heavy atom. The van der Waals surface area contributed by atoms with Crippen LogP contribution in [0.3, 0.4) is 0 Å². The van der Waals surface area contributed by atoms with Gasteiger partial charge in [0.2, 0.25) is 5.91 Å². The SMILES string of the molecule is O=C(CN1CCc2ccccc21)NC(C(=O)O)C1CC1. The summed E-state index contributed by atoms with van der Waals surface area (Å²) in [6.45, 7) is 1.04. The van der Waals surface area contributed by atoms with Crippen LogP contribution >= 0.6 is 0 Å². The Bertz CT molecular complexity index is 540. The maximum absolute atomic E-state index is 12.0. The lowest BCUT2D eigenvalue weighted by Gasteiger charge is -2.20. The van der Waals surface area contributed by atoms with Crippen molar-refractivity contribution in [2.45, 2.75) is 25.3 Å². The van der Waals surface area contributed by atoms with Crippen LogP contribution in [0.15, 0.2) is 24.3 Å². The van der Waals surface area contributed by atoms with E-state index in [1.54, 1.807) is 0 Å². The molecule has 5 heteroatoms. The molecule has 106 valence electrons. The molecule has 5 nitrogen and oxygen atoms in total. The molecule has 1 unspecified atom stereocenters. The Morgan fingerprint density at radius 3 is 2.80 bits per heavy atom. The van der Waals surface area contributed by atoms with Gasteiger partial charge in [-0.1, -0.05) is 18.2 Å². The highest BCUT2D eigenvalue weighted by Crippen LogP contribution is 2.33. The predicted molar refractivity (Wildman–Crippen MR) is 74.6 cm³/mol. The molecule has 1 amide bonds. The number of carboxylic acids is 1. The molecule has 1 aromatic carbocycles. The zero-order valence-electron chi connectivity index (χ0n) is 11.2. The Morgan fingerprint density at radius 1 is 1.35 bits per heavy atom. The van der Waals surface area contributed by atoms with Crippen LogP contribution in [0, 0.1) is 5.92 Å². The van der Waals surface area contributed by atoms with E-state index in [4.69, 9.17) is 5.11 Å². The van der Waals surface area contributed by atoms with E-state index in [2.05, 4.69) is 11.4 Å². The first-order chi connectivity index (χ1) is 9.65. The van der Waals surface area contributed by atoms with E-state index in [-0.39, 0.29) is 18.4 Å². The van der Waals surface area contributed by atoms with Crippen LogP contribution in [0.25, 0.3) is 0 Å². The molecular formula is C15H18N2O3. The third kappa shape index (κ3) is 2.61. The van der Waals surface area contributed by atoms with E-state index >= 15 is 0 Å². The van der Waals surface area contributed by atoms with Crippen LogP contribution < -0.4 is 10.2 Å². The summed E-state index contributed by atoms with van der Waals surface area (Å²) in [7, 11) is 0. The smallest absolute Gasteiger partial charge is 0.326 e. The van der Waals surface area contributed by atoms with Crippen LogP contribution in [-0.4, -0.2) is 36.1 Å². The number of carbonyl (C=O) groups excluding carboxylic acids is 1. The second kappa shape index (κ2) is 5.15. The zero-order chi connectivity index (χ0) is 14.1. The van der Waals surface area contributed by atoms with E-state index in [0.717, 1.165) is 31.5 Å². The summed E-state index contributed by atoms with van der Waals surface area (Å²) in [6.07, 6.45) is 2.72. The third-order valence-electron chi connectivity index (χ3n) is 3.99. The quantitative estimate of drug-likeness (QED) is 0.841. The maximum Gasteiger partial charge on any atom is 0.326 e. The van der Waals surface area contributed by atoms with E-state index in [0.29, 0.717) is 0 Å². The van der Waals surface area contributed by atoms with Crippen molar-refractivity contribution in [2.75, 3.05) is 18.0 Å². The first-order valence-electron chi connectivity index (χ1n) is 7.00. The molecule has 0 radical (unpaired) electrons. The van der Waals surface area contributed by atoms with Crippen LogP contribution in [0.2, 0.25) is 0 Å². The maximum atomic E-state index is 12.0. The Hall–Kier alpha value is -2.04. The molecule has 0 saturated heterocycles. The van der Waals surface area contributed by atoms with Crippen molar-refractivity contribution < 1.29 is 14.7 Å². The fourth-order valence-electron chi connectivity index (χ4n) is 2.77. The topological polar surface area (TPSA) is 69.6 Å². The highest BCUT2D eigenvalue weighted by molar-refractivity contribution is 5.87. The minimum atomic E-state index is -0.928. The lowest BCUT2D eigenvalue weighted by Crippen LogP contribution is -2.46. The standard InChI is InChI=1S/C15H18N2O3/c18-13(16-14(15(19)20)11-5-6-11)9-17-8-7-10-3-1-2-4-12(10)17/h1-4,11,14H,5-9H2,(H,16,18)(H,19,20). The fourth-order valence-corrected chi connectivity index (χ4v) is 2.77. The number of hydrogen-bond donors (Lipinski definition) is 2. The highest BCUT2D eigenvalue weighted by Gasteiger charge is 2.37. The molecule has 0 aromatic heterocycles. The van der Waals surface area contributed by atoms with Crippen molar-refractivity contribution in [3.8, 4) is 0 Å². The molecule has 1 aromatic rings. The number of anilines is 1. The van der Waals surface area contributed by atoms with Gasteiger partial charge in [-0.2, -0.15) is 0 Å². The van der Waals surface area contributed by atoms with Crippen molar-refractivity contribution in [1.82, 2.24) is 5.32 Å². The number of benzene rings is 1. The van der Waals surface area contributed by atoms with Gasteiger partial charge >= 0.3 is 5.97 Å². The van der Waals surface area contributed by atoms with Crippen molar-refractivity contribution in [3.05, 3.63) is 29.8 Å². The number of fused-ring (bicyclic) bond motifs is 1. The number of para-hydroxylation sites is 1. The number of hydrogen-bond acceptors (Lipinski definition) is 3. The zero-order valence-corrected chi connectivity index (χ0v) is 11.2. The number of carboxylic acid groups (broad SMARTS) is 1. The summed E-state index contributed by atoms with van der Waals surface area (Å²) >= 11 is 0. The van der Waals surface area contributed by atoms with Crippen molar-refractivity contribution >= 4 is 17.6 Å². The second-order valence-electron chi connectivity index (χ2n) is 5.52. The summed E-state index contributed by atoms with van der Waals surface area (Å²) in [5, 5.41) is 11.8. The van der Waals surface area contributed by atoms with Crippen LogP contribution in [0.4, 0.5) is 5.69 Å². The lowest BCUT2D eigenvalue weighted by molar-refractivity contribution is -0.142. The Kier molecular flexibility index (Phi) is 3.34. The van der Waals surface area contributed by atoms with Crippen LogP contribution in [-0.2, 0) is 16.0 Å². The molecule has 2 N–H and O–H groups in total. The predicted octanol–water partition coefficient (Wildman–Crippen LogP) is 1.03. The van der Waals surface area contributed by atoms with Gasteiger partial charge in [0.25, 0.3) is 0 Å². The summed E-state index contributed by atoms with van der Waals surface area (Å²) in [6, 6.07) is 7.30. The average molecular weight is 274 g/mol. The Balaban J connectivity index is 1.61. The first kappa shape index (κ1) is 13.0. The molecule has 2 aliphatic rings. The molecule has 3 rings (SSSR count). The van der Waals surface area contributed by atoms with E-state index in [9.17, 15) is 9.59 Å². The van der Waals surface area contributed by atoms with Gasteiger partial charge in [-0.15, -0.1) is 0 Å². The van der Waals surface area contributed by atoms with E-state index in [1.165, 1.54) is 5.56 Å². The molecular weight excluding hydrogens is 256 g/mol. The number of aliphatic carboxylic acids is 1. The molecule has 1 fully saturated rings. The Labute approximate surface area is 117 Å². The molecule has 1 heterocycles. The molecule has 1 saturated carbocycles. The van der Waals surface area contributed by atoms with Gasteiger partial charge in [-0.3, -0.25) is 4.79 Å². The molecule has 1 atom stereocenters. The van der Waals surface area contributed by atoms with Gasteiger partial charge in [0.15, 0.2) is 0 Å². The molecule has 0 spiro atoms. The summed E-state index contributed by atoms with van der Waals surface area (Å²) in [4.78, 5) is 25.2. The highest BCUT2D eigenvalue weighted by atomic mass is 16.4. The van der Waals surface area contributed by atoms with Crippen molar-refractivity contribution in [1.29, 1.82) is 0 Å². The van der Waals surface area contributed by atoms with E-state index < -0.39 is 12.0 Å². The summed E-state index contributed by atoms with van der Waals surface area (Å²) in [5.74, 6) is -1.02. The van der Waals surface area contributed by atoms with Crippen molar-refractivity contribution in [3.63, 3.8) is 0 Å².